The molecule has 0 bridgehead atoms. The van der Waals surface area contributed by atoms with Crippen molar-refractivity contribution in [3.05, 3.63) is 53.7 Å². The number of rotatable bonds is 3. The number of ether oxygens (including phenoxy) is 1. The average Bonchev–Trinajstić information content (AvgIpc) is 3.13. The highest BCUT2D eigenvalue weighted by Gasteiger charge is 2.49. The van der Waals surface area contributed by atoms with E-state index < -0.39 is 6.04 Å². The first-order valence-corrected chi connectivity index (χ1v) is 11.0. The van der Waals surface area contributed by atoms with Gasteiger partial charge >= 0.3 is 0 Å². The highest BCUT2D eigenvalue weighted by molar-refractivity contribution is 5.94. The van der Waals surface area contributed by atoms with E-state index in [1.807, 2.05) is 24.1 Å². The van der Waals surface area contributed by atoms with Crippen molar-refractivity contribution in [2.75, 3.05) is 40.4 Å². The Labute approximate surface area is 187 Å². The molecule has 1 saturated heterocycles. The number of carbonyl (C=O) groups is 1. The molecule has 4 heterocycles. The van der Waals surface area contributed by atoms with Gasteiger partial charge in [0.05, 0.1) is 31.5 Å². The summed E-state index contributed by atoms with van der Waals surface area (Å²) in [6.45, 7) is 2.32. The van der Waals surface area contributed by atoms with Crippen LogP contribution in [0.4, 0.5) is 0 Å². The summed E-state index contributed by atoms with van der Waals surface area (Å²) in [5, 5.41) is 11.7. The predicted octanol–water partition coefficient (Wildman–Crippen LogP) is 2.13. The number of piperidine rings is 1. The number of carbonyl (C=O) groups excluding carboxylic acids is 1. The first-order valence-electron chi connectivity index (χ1n) is 11.0. The Balaban J connectivity index is 1.73. The Kier molecular flexibility index (Phi) is 5.14. The molecule has 1 atom stereocenters. The zero-order valence-corrected chi connectivity index (χ0v) is 18.8. The smallest absolute Gasteiger partial charge is 0.274 e. The minimum absolute atomic E-state index is 0.156. The van der Waals surface area contributed by atoms with Gasteiger partial charge in [-0.3, -0.25) is 9.78 Å². The van der Waals surface area contributed by atoms with Gasteiger partial charge in [0.2, 0.25) is 0 Å². The maximum absolute atomic E-state index is 13.6. The molecule has 8 nitrogen and oxygen atoms in total. The van der Waals surface area contributed by atoms with Gasteiger partial charge in [-0.15, -0.1) is 0 Å². The molecule has 2 aliphatic heterocycles. The molecule has 0 saturated carbocycles. The summed E-state index contributed by atoms with van der Waals surface area (Å²) in [4.78, 5) is 26.0. The molecule has 1 N–H and O–H groups in total. The number of fused-ring (bicyclic) bond motifs is 4. The number of benzene rings is 1. The van der Waals surface area contributed by atoms with E-state index in [1.165, 1.54) is 23.3 Å². The molecule has 1 fully saturated rings. The molecule has 2 aliphatic rings. The van der Waals surface area contributed by atoms with Gasteiger partial charge in [-0.1, -0.05) is 0 Å². The molecule has 0 radical (unpaired) electrons. The number of hydrogen-bond donors (Lipinski definition) is 1. The van der Waals surface area contributed by atoms with E-state index >= 15 is 0 Å². The lowest BCUT2D eigenvalue weighted by atomic mass is 9.68. The minimum Gasteiger partial charge on any atom is -0.497 e. The van der Waals surface area contributed by atoms with Crippen molar-refractivity contribution in [1.82, 2.24) is 24.3 Å². The summed E-state index contributed by atoms with van der Waals surface area (Å²) in [6.07, 6.45) is 6.49. The number of hydrogen-bond acceptors (Lipinski definition) is 6. The number of aromatic nitrogens is 3. The second-order valence-corrected chi connectivity index (χ2v) is 9.01. The minimum atomic E-state index is -0.451. The normalized spacial score (nSPS) is 20.5. The van der Waals surface area contributed by atoms with E-state index in [2.05, 4.69) is 32.5 Å². The number of likely N-dealkylation sites (tertiary alicyclic amines) is 1. The van der Waals surface area contributed by atoms with Crippen molar-refractivity contribution in [3.8, 4) is 5.75 Å². The maximum atomic E-state index is 13.6. The Bertz CT molecular complexity index is 1150. The lowest BCUT2D eigenvalue weighted by Gasteiger charge is -2.50. The Morgan fingerprint density at radius 2 is 2.03 bits per heavy atom. The number of nitrogens with zero attached hydrogens (tertiary/aromatic N) is 5. The maximum Gasteiger partial charge on any atom is 0.274 e. The molecule has 32 heavy (non-hydrogen) atoms. The molecule has 1 amide bonds. The van der Waals surface area contributed by atoms with Crippen LogP contribution in [0.3, 0.4) is 0 Å². The fraction of sp³-hybridized carbons (Fsp3) is 0.458. The third kappa shape index (κ3) is 3.09. The van der Waals surface area contributed by atoms with Crippen LogP contribution >= 0.6 is 0 Å². The number of aliphatic hydroxyl groups is 1. The van der Waals surface area contributed by atoms with Crippen molar-refractivity contribution < 1.29 is 14.6 Å². The third-order valence-electron chi connectivity index (χ3n) is 7.31. The van der Waals surface area contributed by atoms with Gasteiger partial charge in [0, 0.05) is 48.5 Å². The Morgan fingerprint density at radius 3 is 2.69 bits per heavy atom. The molecule has 0 aliphatic carbocycles. The molecule has 8 heteroatoms. The van der Waals surface area contributed by atoms with Crippen LogP contribution in [-0.2, 0) is 12.5 Å². The monoisotopic (exact) mass is 435 g/mol. The van der Waals surface area contributed by atoms with Crippen LogP contribution in [-0.4, -0.2) is 75.7 Å². The van der Waals surface area contributed by atoms with E-state index in [0.29, 0.717) is 12.2 Å². The predicted molar refractivity (Wildman–Crippen MR) is 121 cm³/mol. The van der Waals surface area contributed by atoms with Gasteiger partial charge in [-0.25, -0.2) is 4.98 Å². The fourth-order valence-electron chi connectivity index (χ4n) is 5.58. The first kappa shape index (κ1) is 20.9. The van der Waals surface area contributed by atoms with Crippen molar-refractivity contribution in [2.24, 2.45) is 7.05 Å². The van der Waals surface area contributed by atoms with Crippen LogP contribution in [0.2, 0.25) is 0 Å². The lowest BCUT2D eigenvalue weighted by Crippen LogP contribution is -2.55. The number of aryl methyl sites for hydroxylation is 1. The topological polar surface area (TPSA) is 83.7 Å². The van der Waals surface area contributed by atoms with E-state index in [4.69, 9.17) is 4.74 Å². The fourth-order valence-corrected chi connectivity index (χ4v) is 5.58. The molecule has 2 aromatic heterocycles. The van der Waals surface area contributed by atoms with Crippen LogP contribution in [0.5, 0.6) is 5.75 Å². The summed E-state index contributed by atoms with van der Waals surface area (Å²) in [5.74, 6) is 0.602. The molecule has 3 aromatic rings. The molecule has 0 unspecified atom stereocenters. The molecular formula is C24H29N5O3. The van der Waals surface area contributed by atoms with Crippen LogP contribution in [0.15, 0.2) is 36.8 Å². The van der Waals surface area contributed by atoms with Gasteiger partial charge < -0.3 is 24.2 Å². The molecule has 168 valence electrons. The number of methoxy groups -OCH3 is 1. The second kappa shape index (κ2) is 7.86. The SMILES string of the molecule is COc1ccc2c3c(n(C)c2c1)[C@@H](CO)N(C(=O)c1cnccn1)CC31CCN(C)CC1. The van der Waals surface area contributed by atoms with Gasteiger partial charge in [0.1, 0.15) is 11.4 Å². The van der Waals surface area contributed by atoms with Crippen LogP contribution in [0.25, 0.3) is 10.9 Å². The van der Waals surface area contributed by atoms with Crippen molar-refractivity contribution in [1.29, 1.82) is 0 Å². The largest absolute Gasteiger partial charge is 0.497 e. The van der Waals surface area contributed by atoms with Gasteiger partial charge in [0.25, 0.3) is 5.91 Å². The summed E-state index contributed by atoms with van der Waals surface area (Å²) in [7, 11) is 5.83. The lowest BCUT2D eigenvalue weighted by molar-refractivity contribution is 0.0348. The summed E-state index contributed by atoms with van der Waals surface area (Å²) >= 11 is 0. The highest BCUT2D eigenvalue weighted by atomic mass is 16.5. The van der Waals surface area contributed by atoms with Gasteiger partial charge in [-0.05, 0) is 50.7 Å². The first-order chi connectivity index (χ1) is 15.5. The summed E-state index contributed by atoms with van der Waals surface area (Å²) in [5.41, 5.74) is 3.45. The zero-order valence-electron chi connectivity index (χ0n) is 18.8. The van der Waals surface area contributed by atoms with E-state index in [0.717, 1.165) is 42.9 Å². The van der Waals surface area contributed by atoms with Crippen molar-refractivity contribution >= 4 is 16.8 Å². The van der Waals surface area contributed by atoms with Crippen LogP contribution < -0.4 is 4.74 Å². The van der Waals surface area contributed by atoms with Crippen LogP contribution in [0, 0.1) is 0 Å². The van der Waals surface area contributed by atoms with Crippen molar-refractivity contribution in [2.45, 2.75) is 24.3 Å². The standard InChI is InChI=1S/C24H29N5O3/c1-27-10-6-24(7-11-27)15-29(23(31)18-13-25-8-9-26-18)20(14-30)22-21(24)17-5-4-16(32-3)12-19(17)28(22)2/h4-5,8-9,12-13,20,30H,6-7,10-11,14-15H2,1-3H3/t20-/m1/s1. The molecule has 5 rings (SSSR count). The average molecular weight is 436 g/mol. The van der Waals surface area contributed by atoms with Crippen LogP contribution in [0.1, 0.15) is 40.6 Å². The molecule has 1 aromatic carbocycles. The van der Waals surface area contributed by atoms with Gasteiger partial charge in [-0.2, -0.15) is 0 Å². The van der Waals surface area contributed by atoms with E-state index in [-0.39, 0.29) is 17.9 Å². The Hall–Kier alpha value is -2.97. The van der Waals surface area contributed by atoms with Crippen molar-refractivity contribution in [3.63, 3.8) is 0 Å². The summed E-state index contributed by atoms with van der Waals surface area (Å²) < 4.78 is 7.61. The molecule has 1 spiro atoms. The van der Waals surface area contributed by atoms with E-state index in [1.54, 1.807) is 13.3 Å². The highest BCUT2D eigenvalue weighted by Crippen LogP contribution is 2.50. The third-order valence-corrected chi connectivity index (χ3v) is 7.31. The Morgan fingerprint density at radius 1 is 1.25 bits per heavy atom. The molecular weight excluding hydrogens is 406 g/mol. The number of amides is 1. The van der Waals surface area contributed by atoms with E-state index in [9.17, 15) is 9.90 Å². The quantitative estimate of drug-likeness (QED) is 0.679. The summed E-state index contributed by atoms with van der Waals surface area (Å²) in [6, 6.07) is 5.71. The van der Waals surface area contributed by atoms with Gasteiger partial charge in [0.15, 0.2) is 0 Å². The number of aliphatic hydroxyl groups excluding tert-OH is 1. The zero-order chi connectivity index (χ0) is 22.5. The second-order valence-electron chi connectivity index (χ2n) is 9.01.